The van der Waals surface area contributed by atoms with Gasteiger partial charge in [0.25, 0.3) is 0 Å². The SMILES string of the molecule is Cc1cccc(N2CCN(C(=O)C[C@H]3Sc4ccc(C(F)(F)F)cc4NC3=O)CC2)c1. The van der Waals surface area contributed by atoms with E-state index in [4.69, 9.17) is 0 Å². The number of nitrogens with one attached hydrogen (secondary N) is 1. The van der Waals surface area contributed by atoms with E-state index in [0.717, 1.165) is 29.6 Å². The standard InChI is InChI=1S/C22H22F3N3O2S/c1-14-3-2-4-16(11-14)27-7-9-28(10-8-27)20(29)13-19-21(30)26-17-12-15(22(23,24)25)5-6-18(17)31-19/h2-6,11-12,19H,7-10,13H2,1H3,(H,26,30)/t19-/m1/s1. The molecule has 0 aromatic heterocycles. The number of anilines is 2. The number of amides is 2. The Morgan fingerprint density at radius 1 is 1.13 bits per heavy atom. The summed E-state index contributed by atoms with van der Waals surface area (Å²) < 4.78 is 38.7. The van der Waals surface area contributed by atoms with E-state index in [1.807, 2.05) is 19.1 Å². The van der Waals surface area contributed by atoms with Crippen molar-refractivity contribution in [3.8, 4) is 0 Å². The van der Waals surface area contributed by atoms with Crippen LogP contribution in [0.4, 0.5) is 24.5 Å². The molecule has 2 aliphatic rings. The molecule has 164 valence electrons. The molecule has 0 spiro atoms. The number of benzene rings is 2. The molecular weight excluding hydrogens is 427 g/mol. The van der Waals surface area contributed by atoms with Gasteiger partial charge in [-0.1, -0.05) is 12.1 Å². The van der Waals surface area contributed by atoms with Gasteiger partial charge in [-0.3, -0.25) is 9.59 Å². The lowest BCUT2D eigenvalue weighted by Gasteiger charge is -2.37. The van der Waals surface area contributed by atoms with Crippen molar-refractivity contribution in [1.29, 1.82) is 0 Å². The maximum Gasteiger partial charge on any atom is 0.416 e. The molecule has 2 aromatic rings. The highest BCUT2D eigenvalue weighted by Crippen LogP contribution is 2.40. The Morgan fingerprint density at radius 2 is 1.87 bits per heavy atom. The fraction of sp³-hybridized carbons (Fsp3) is 0.364. The first-order chi connectivity index (χ1) is 14.7. The van der Waals surface area contributed by atoms with Crippen molar-refractivity contribution in [1.82, 2.24) is 4.90 Å². The topological polar surface area (TPSA) is 52.6 Å². The number of fused-ring (bicyclic) bond motifs is 1. The molecule has 1 saturated heterocycles. The summed E-state index contributed by atoms with van der Waals surface area (Å²) in [5, 5.41) is 1.87. The minimum atomic E-state index is -4.47. The predicted octanol–water partition coefficient (Wildman–Crippen LogP) is 4.17. The largest absolute Gasteiger partial charge is 0.416 e. The third-order valence-corrected chi connectivity index (χ3v) is 6.76. The first-order valence-corrected chi connectivity index (χ1v) is 10.9. The van der Waals surface area contributed by atoms with Gasteiger partial charge in [-0.05, 0) is 42.8 Å². The maximum atomic E-state index is 12.9. The van der Waals surface area contributed by atoms with Crippen molar-refractivity contribution in [2.24, 2.45) is 0 Å². The second-order valence-electron chi connectivity index (χ2n) is 7.72. The summed E-state index contributed by atoms with van der Waals surface area (Å²) in [4.78, 5) is 29.7. The van der Waals surface area contributed by atoms with Gasteiger partial charge in [0.15, 0.2) is 0 Å². The number of alkyl halides is 3. The van der Waals surface area contributed by atoms with Gasteiger partial charge >= 0.3 is 6.18 Å². The normalized spacial score (nSPS) is 19.1. The Morgan fingerprint density at radius 3 is 2.55 bits per heavy atom. The number of halogens is 3. The summed E-state index contributed by atoms with van der Waals surface area (Å²) in [6.45, 7) is 4.59. The predicted molar refractivity (Wildman–Crippen MR) is 114 cm³/mol. The Balaban J connectivity index is 1.36. The zero-order chi connectivity index (χ0) is 22.2. The van der Waals surface area contributed by atoms with Crippen molar-refractivity contribution in [2.75, 3.05) is 36.4 Å². The van der Waals surface area contributed by atoms with Gasteiger partial charge in [0.05, 0.1) is 16.5 Å². The van der Waals surface area contributed by atoms with E-state index in [0.29, 0.717) is 31.1 Å². The number of hydrogen-bond acceptors (Lipinski definition) is 4. The van der Waals surface area contributed by atoms with E-state index >= 15 is 0 Å². The van der Waals surface area contributed by atoms with Crippen LogP contribution >= 0.6 is 11.8 Å². The Kier molecular flexibility index (Phi) is 5.88. The molecule has 1 fully saturated rings. The summed E-state index contributed by atoms with van der Waals surface area (Å²) >= 11 is 1.14. The van der Waals surface area contributed by atoms with Crippen molar-refractivity contribution in [2.45, 2.75) is 29.7 Å². The quantitative estimate of drug-likeness (QED) is 0.765. The molecule has 31 heavy (non-hydrogen) atoms. The zero-order valence-corrected chi connectivity index (χ0v) is 17.7. The zero-order valence-electron chi connectivity index (χ0n) is 16.9. The van der Waals surface area contributed by atoms with Crippen LogP contribution in [0.1, 0.15) is 17.5 Å². The Labute approximate surface area is 182 Å². The van der Waals surface area contributed by atoms with Crippen LogP contribution in [0.3, 0.4) is 0 Å². The molecule has 5 nitrogen and oxygen atoms in total. The van der Waals surface area contributed by atoms with Crippen LogP contribution in [-0.4, -0.2) is 48.1 Å². The number of carbonyl (C=O) groups excluding carboxylic acids is 2. The third kappa shape index (κ3) is 4.81. The maximum absolute atomic E-state index is 12.9. The van der Waals surface area contributed by atoms with Crippen LogP contribution in [0, 0.1) is 6.92 Å². The summed E-state index contributed by atoms with van der Waals surface area (Å²) in [6, 6.07) is 11.5. The van der Waals surface area contributed by atoms with Crippen molar-refractivity contribution in [3.05, 3.63) is 53.6 Å². The average Bonchev–Trinajstić information content (AvgIpc) is 2.73. The van der Waals surface area contributed by atoms with Crippen molar-refractivity contribution in [3.63, 3.8) is 0 Å². The van der Waals surface area contributed by atoms with E-state index in [9.17, 15) is 22.8 Å². The van der Waals surface area contributed by atoms with Gasteiger partial charge in [0.1, 0.15) is 0 Å². The van der Waals surface area contributed by atoms with E-state index < -0.39 is 22.9 Å². The fourth-order valence-electron chi connectivity index (χ4n) is 3.79. The lowest BCUT2D eigenvalue weighted by molar-refractivity contribution is -0.137. The lowest BCUT2D eigenvalue weighted by Crippen LogP contribution is -2.49. The molecule has 4 rings (SSSR count). The molecule has 0 saturated carbocycles. The molecule has 1 atom stereocenters. The van der Waals surface area contributed by atoms with E-state index in [-0.39, 0.29) is 18.0 Å². The molecule has 2 heterocycles. The number of aryl methyl sites for hydroxylation is 1. The van der Waals surface area contributed by atoms with E-state index in [2.05, 4.69) is 22.3 Å². The molecule has 2 aromatic carbocycles. The first-order valence-electron chi connectivity index (χ1n) is 9.99. The third-order valence-electron chi connectivity index (χ3n) is 5.49. The monoisotopic (exact) mass is 449 g/mol. The van der Waals surface area contributed by atoms with Crippen LogP contribution in [0.5, 0.6) is 0 Å². The average molecular weight is 449 g/mol. The van der Waals surface area contributed by atoms with Crippen LogP contribution in [0.25, 0.3) is 0 Å². The molecular formula is C22H22F3N3O2S. The van der Waals surface area contributed by atoms with Crippen molar-refractivity contribution >= 4 is 35.0 Å². The highest BCUT2D eigenvalue weighted by molar-refractivity contribution is 8.01. The minimum Gasteiger partial charge on any atom is -0.368 e. The smallest absolute Gasteiger partial charge is 0.368 e. The van der Waals surface area contributed by atoms with Crippen LogP contribution < -0.4 is 10.2 Å². The van der Waals surface area contributed by atoms with Gasteiger partial charge in [0.2, 0.25) is 11.8 Å². The van der Waals surface area contributed by atoms with Gasteiger partial charge in [-0.2, -0.15) is 13.2 Å². The summed E-state index contributed by atoms with van der Waals surface area (Å²) in [6.07, 6.45) is -4.46. The van der Waals surface area contributed by atoms with Crippen molar-refractivity contribution < 1.29 is 22.8 Å². The summed E-state index contributed by atoms with van der Waals surface area (Å²) in [5.74, 6) is -0.560. The Hall–Kier alpha value is -2.68. The minimum absolute atomic E-state index is 0.0153. The summed E-state index contributed by atoms with van der Waals surface area (Å²) in [5.41, 5.74) is 1.64. The second kappa shape index (κ2) is 8.45. The van der Waals surface area contributed by atoms with E-state index in [1.165, 1.54) is 11.6 Å². The molecule has 2 aliphatic heterocycles. The highest BCUT2D eigenvalue weighted by atomic mass is 32.2. The molecule has 1 N–H and O–H groups in total. The van der Waals surface area contributed by atoms with Gasteiger partial charge in [-0.25, -0.2) is 0 Å². The number of piperazine rings is 1. The van der Waals surface area contributed by atoms with Gasteiger partial charge < -0.3 is 15.1 Å². The fourth-order valence-corrected chi connectivity index (χ4v) is 4.87. The lowest BCUT2D eigenvalue weighted by atomic mass is 10.1. The van der Waals surface area contributed by atoms with Crippen LogP contribution in [0.15, 0.2) is 47.4 Å². The number of carbonyl (C=O) groups is 2. The highest BCUT2D eigenvalue weighted by Gasteiger charge is 2.35. The van der Waals surface area contributed by atoms with Crippen LogP contribution in [0.2, 0.25) is 0 Å². The van der Waals surface area contributed by atoms with Gasteiger partial charge in [-0.15, -0.1) is 11.8 Å². The molecule has 0 unspecified atom stereocenters. The van der Waals surface area contributed by atoms with Gasteiger partial charge in [0, 0.05) is 43.2 Å². The van der Waals surface area contributed by atoms with E-state index in [1.54, 1.807) is 4.90 Å². The second-order valence-corrected chi connectivity index (χ2v) is 8.96. The number of thioether (sulfide) groups is 1. The molecule has 0 aliphatic carbocycles. The summed E-state index contributed by atoms with van der Waals surface area (Å²) in [7, 11) is 0. The Bertz CT molecular complexity index is 1000. The number of nitrogens with zero attached hydrogens (tertiary/aromatic N) is 2. The van der Waals surface area contributed by atoms with Crippen LogP contribution in [-0.2, 0) is 15.8 Å². The first kappa shape index (κ1) is 21.5. The molecule has 9 heteroatoms. The number of hydrogen-bond donors (Lipinski definition) is 1. The number of rotatable bonds is 3. The molecule has 0 bridgehead atoms. The molecule has 2 amide bonds. The molecule has 0 radical (unpaired) electrons.